The number of sulfone groups is 1. The molecule has 13 heteroatoms. The molecule has 0 saturated heterocycles. The molecule has 1 N–H and O–H groups in total. The van der Waals surface area contributed by atoms with Crippen LogP contribution in [0.1, 0.15) is 19.3 Å². The highest BCUT2D eigenvalue weighted by molar-refractivity contribution is 7.91. The minimum atomic E-state index is -6.28. The van der Waals surface area contributed by atoms with Gasteiger partial charge >= 0.3 is 18.3 Å². The lowest BCUT2D eigenvalue weighted by Crippen LogP contribution is -2.54. The third kappa shape index (κ3) is 7.64. The zero-order chi connectivity index (χ0) is 21.0. The van der Waals surface area contributed by atoms with Gasteiger partial charge in [-0.25, -0.2) is 17.6 Å². The van der Waals surface area contributed by atoms with Crippen LogP contribution in [0.5, 0.6) is 0 Å². The van der Waals surface area contributed by atoms with E-state index < -0.39 is 51.8 Å². The smallest absolute Gasteiger partial charge is 0.431 e. The second kappa shape index (κ2) is 8.28. The molecule has 0 aromatic rings. The van der Waals surface area contributed by atoms with Crippen LogP contribution >= 0.6 is 0 Å². The molecule has 0 atom stereocenters. The minimum Gasteiger partial charge on any atom is -0.477 e. The molecule has 5 nitrogen and oxygen atoms in total. The largest absolute Gasteiger partial charge is 0.477 e. The van der Waals surface area contributed by atoms with Crippen molar-refractivity contribution >= 4 is 15.8 Å². The summed E-state index contributed by atoms with van der Waals surface area (Å²) in [6, 6.07) is 0. The first-order chi connectivity index (χ1) is 11.3. The monoisotopic (exact) mass is 420 g/mol. The van der Waals surface area contributed by atoms with Crippen LogP contribution < -0.4 is 0 Å². The predicted molar refractivity (Wildman–Crippen MR) is 77.9 cm³/mol. The highest BCUT2D eigenvalue weighted by Crippen LogP contribution is 2.48. The average Bonchev–Trinajstić information content (AvgIpc) is 2.37. The molecule has 0 aromatic carbocycles. The Balaban J connectivity index is 4.70. The van der Waals surface area contributed by atoms with Crippen LogP contribution in [0.3, 0.4) is 0 Å². The second-order valence-corrected chi connectivity index (χ2v) is 8.92. The molecule has 0 saturated carbocycles. The van der Waals surface area contributed by atoms with E-state index in [4.69, 9.17) is 5.11 Å². The number of alkyl halides is 7. The molecule has 0 aliphatic heterocycles. The number of nitrogens with zero attached hydrogens (tertiary/aromatic N) is 1. The van der Waals surface area contributed by atoms with E-state index in [0.717, 1.165) is 0 Å². The van der Waals surface area contributed by atoms with Gasteiger partial charge in [-0.1, -0.05) is 0 Å². The van der Waals surface area contributed by atoms with Gasteiger partial charge in [0.2, 0.25) is 0 Å². The summed E-state index contributed by atoms with van der Waals surface area (Å²) >= 11 is 0. The highest BCUT2D eigenvalue weighted by Gasteiger charge is 2.72. The third-order valence-electron chi connectivity index (χ3n) is 3.69. The fourth-order valence-corrected chi connectivity index (χ4v) is 3.59. The Bertz CT molecular complexity index is 570. The Hall–Kier alpha value is -1.11. The van der Waals surface area contributed by atoms with Crippen molar-refractivity contribution in [1.29, 1.82) is 0 Å². The summed E-state index contributed by atoms with van der Waals surface area (Å²) in [5.74, 6) is -3.40. The third-order valence-corrected chi connectivity index (χ3v) is 5.43. The molecular formula is C13H21F7NO4S+. The predicted octanol–water partition coefficient (Wildman–Crippen LogP) is 2.57. The fraction of sp³-hybridized carbons (Fsp3) is 0.923. The van der Waals surface area contributed by atoms with Crippen molar-refractivity contribution in [2.75, 3.05) is 38.7 Å². The second-order valence-electron chi connectivity index (χ2n) is 6.62. The number of halogens is 7. The van der Waals surface area contributed by atoms with E-state index in [9.17, 15) is 43.9 Å². The van der Waals surface area contributed by atoms with Gasteiger partial charge in [0.05, 0.1) is 32.1 Å². The molecule has 0 bridgehead atoms. The van der Waals surface area contributed by atoms with Crippen LogP contribution in [0.2, 0.25) is 0 Å². The molecule has 156 valence electrons. The number of unbranched alkanes of at least 4 members (excludes halogenated alkanes) is 1. The zero-order valence-corrected chi connectivity index (χ0v) is 14.9. The summed E-state index contributed by atoms with van der Waals surface area (Å²) in [7, 11) is -1.21. The standard InChI is InChI=1S/C13H20F7NO4S/c1-21(2,9-10(22)23)6-3-4-7-26(24,25)8-5-11(14,12(15,16)17)13(18,19)20/h3-9H2,1-2H3/p+1. The van der Waals surface area contributed by atoms with Gasteiger partial charge in [0, 0.05) is 6.42 Å². The lowest BCUT2D eigenvalue weighted by Gasteiger charge is -2.29. The molecule has 0 aliphatic carbocycles. The number of aliphatic carboxylic acids is 1. The van der Waals surface area contributed by atoms with Gasteiger partial charge in [0.15, 0.2) is 6.54 Å². The van der Waals surface area contributed by atoms with Gasteiger partial charge < -0.3 is 9.59 Å². The molecule has 0 rings (SSSR count). The number of hydrogen-bond acceptors (Lipinski definition) is 3. The van der Waals surface area contributed by atoms with Crippen LogP contribution in [-0.2, 0) is 14.6 Å². The van der Waals surface area contributed by atoms with E-state index in [2.05, 4.69) is 0 Å². The van der Waals surface area contributed by atoms with Crippen molar-refractivity contribution in [2.45, 2.75) is 37.3 Å². The first kappa shape index (κ1) is 24.9. The Morgan fingerprint density at radius 1 is 0.923 bits per heavy atom. The summed E-state index contributed by atoms with van der Waals surface area (Å²) in [6.45, 7) is -0.00570. The van der Waals surface area contributed by atoms with Crippen LogP contribution in [-0.4, -0.2) is 80.7 Å². The van der Waals surface area contributed by atoms with Crippen molar-refractivity contribution in [3.8, 4) is 0 Å². The van der Waals surface area contributed by atoms with Crippen molar-refractivity contribution in [3.63, 3.8) is 0 Å². The van der Waals surface area contributed by atoms with Crippen molar-refractivity contribution < 1.29 is 53.5 Å². The SMILES string of the molecule is C[N+](C)(CCCCS(=O)(=O)CCC(F)(C(F)(F)F)C(F)(F)F)CC(=O)O. The van der Waals surface area contributed by atoms with Gasteiger partial charge in [-0.05, 0) is 12.8 Å². The molecule has 0 radical (unpaired) electrons. The number of carboxylic acid groups (broad SMARTS) is 1. The molecule has 0 spiro atoms. The average molecular weight is 420 g/mol. The van der Waals surface area contributed by atoms with E-state index in [1.165, 1.54) is 0 Å². The number of rotatable bonds is 10. The lowest BCUT2D eigenvalue weighted by molar-refractivity contribution is -0.883. The Morgan fingerprint density at radius 2 is 1.38 bits per heavy atom. The van der Waals surface area contributed by atoms with Gasteiger partial charge in [-0.3, -0.25) is 0 Å². The minimum absolute atomic E-state index is 0.0190. The van der Waals surface area contributed by atoms with E-state index in [0.29, 0.717) is 0 Å². The maximum atomic E-state index is 13.4. The fourth-order valence-electron chi connectivity index (χ4n) is 2.15. The normalized spacial score (nSPS) is 14.5. The van der Waals surface area contributed by atoms with Crippen LogP contribution in [0.25, 0.3) is 0 Å². The first-order valence-electron chi connectivity index (χ1n) is 7.40. The van der Waals surface area contributed by atoms with Gasteiger partial charge in [0.1, 0.15) is 9.84 Å². The number of likely N-dealkylation sites (N-methyl/N-ethyl adjacent to an activating group) is 1. The van der Waals surface area contributed by atoms with Gasteiger partial charge in [-0.15, -0.1) is 0 Å². The number of quaternary nitrogens is 1. The van der Waals surface area contributed by atoms with Crippen molar-refractivity contribution in [3.05, 3.63) is 0 Å². The zero-order valence-electron chi connectivity index (χ0n) is 14.1. The summed E-state index contributed by atoms with van der Waals surface area (Å²) in [5, 5.41) is 8.68. The quantitative estimate of drug-likeness (QED) is 0.335. The number of carboxylic acids is 1. The van der Waals surface area contributed by atoms with Crippen molar-refractivity contribution in [1.82, 2.24) is 0 Å². The first-order valence-corrected chi connectivity index (χ1v) is 9.22. The van der Waals surface area contributed by atoms with Crippen LogP contribution in [0.15, 0.2) is 0 Å². The molecular weight excluding hydrogens is 399 g/mol. The highest BCUT2D eigenvalue weighted by atomic mass is 32.2. The number of carbonyl (C=O) groups is 1. The molecule has 26 heavy (non-hydrogen) atoms. The molecule has 0 amide bonds. The van der Waals surface area contributed by atoms with Crippen LogP contribution in [0.4, 0.5) is 30.7 Å². The van der Waals surface area contributed by atoms with Gasteiger partial charge in [-0.2, -0.15) is 26.3 Å². The Morgan fingerprint density at radius 3 is 1.77 bits per heavy atom. The van der Waals surface area contributed by atoms with E-state index in [1.54, 1.807) is 14.1 Å². The molecule has 0 aromatic heterocycles. The van der Waals surface area contributed by atoms with Crippen molar-refractivity contribution in [2.24, 2.45) is 0 Å². The Labute approximate surface area is 146 Å². The number of hydrogen-bond donors (Lipinski definition) is 1. The molecule has 0 heterocycles. The summed E-state index contributed by atoms with van der Waals surface area (Å²) in [4.78, 5) is 10.6. The lowest BCUT2D eigenvalue weighted by atomic mass is 10.0. The molecule has 0 unspecified atom stereocenters. The van der Waals surface area contributed by atoms with E-state index >= 15 is 0 Å². The Kier molecular flexibility index (Phi) is 7.92. The van der Waals surface area contributed by atoms with Gasteiger partial charge in [0.25, 0.3) is 5.67 Å². The van der Waals surface area contributed by atoms with E-state index in [1.807, 2.05) is 0 Å². The summed E-state index contributed by atoms with van der Waals surface area (Å²) in [6.07, 6.45) is -14.7. The maximum Gasteiger partial charge on any atom is 0.431 e. The summed E-state index contributed by atoms with van der Waals surface area (Å²) in [5.41, 5.74) is -5.59. The molecule has 0 aliphatic rings. The topological polar surface area (TPSA) is 71.4 Å². The van der Waals surface area contributed by atoms with E-state index in [-0.39, 0.29) is 30.4 Å². The molecule has 0 fully saturated rings. The maximum absolute atomic E-state index is 13.4. The summed E-state index contributed by atoms with van der Waals surface area (Å²) < 4.78 is 111. The van der Waals surface area contributed by atoms with Crippen LogP contribution in [0, 0.1) is 0 Å².